The molecule has 0 aliphatic heterocycles. The van der Waals surface area contributed by atoms with E-state index in [1.165, 1.54) is 44.1 Å². The summed E-state index contributed by atoms with van der Waals surface area (Å²) in [4.78, 5) is 14.5. The van der Waals surface area contributed by atoms with Crippen LogP contribution < -0.4 is 5.30 Å². The highest BCUT2D eigenvalue weighted by Crippen LogP contribution is 2.26. The van der Waals surface area contributed by atoms with Gasteiger partial charge in [-0.3, -0.25) is 4.90 Å². The number of rotatable bonds is 13. The van der Waals surface area contributed by atoms with Crippen molar-refractivity contribution in [1.82, 2.24) is 4.90 Å². The smallest absolute Gasteiger partial charge is 0.299 e. The highest BCUT2D eigenvalue weighted by molar-refractivity contribution is 7.70. The summed E-state index contributed by atoms with van der Waals surface area (Å²) in [7, 11) is -2.04. The van der Waals surface area contributed by atoms with Gasteiger partial charge in [-0.25, -0.2) is 4.79 Å². The molecule has 0 saturated carbocycles. The van der Waals surface area contributed by atoms with Gasteiger partial charge in [0, 0.05) is 13.1 Å². The molecule has 27 heavy (non-hydrogen) atoms. The van der Waals surface area contributed by atoms with E-state index < -0.39 is 7.80 Å². The molecule has 0 radical (unpaired) electrons. The molecule has 1 amide bonds. The number of aryl methyl sites for hydroxylation is 1. The van der Waals surface area contributed by atoms with Crippen LogP contribution in [0.1, 0.15) is 78.7 Å². The molecule has 1 aromatic carbocycles. The van der Waals surface area contributed by atoms with E-state index in [9.17, 15) is 9.36 Å². The Bertz CT molecular complexity index is 556. The van der Waals surface area contributed by atoms with Gasteiger partial charge in [0.25, 0.3) is 0 Å². The van der Waals surface area contributed by atoms with Crippen LogP contribution >= 0.6 is 7.80 Å². The highest BCUT2D eigenvalue weighted by atomic mass is 31.1. The van der Waals surface area contributed by atoms with E-state index in [1.807, 2.05) is 24.3 Å². The van der Waals surface area contributed by atoms with Crippen LogP contribution in [-0.4, -0.2) is 23.6 Å². The second-order valence-corrected chi connectivity index (χ2v) is 9.94. The Hall–Kier alpha value is -1.21. The van der Waals surface area contributed by atoms with E-state index in [1.54, 1.807) is 4.90 Å². The lowest BCUT2D eigenvalue weighted by Gasteiger charge is -2.21. The van der Waals surface area contributed by atoms with Crippen LogP contribution in [0.2, 0.25) is 0 Å². The zero-order valence-electron chi connectivity index (χ0n) is 18.0. The molecule has 0 bridgehead atoms. The minimum atomic E-state index is -2.04. The van der Waals surface area contributed by atoms with Gasteiger partial charge in [0.1, 0.15) is 0 Å². The molecule has 0 saturated heterocycles. The summed E-state index contributed by atoms with van der Waals surface area (Å²) in [5.41, 5.74) is 1.04. The largest absolute Gasteiger partial charge is 0.477 e. The van der Waals surface area contributed by atoms with Crippen molar-refractivity contribution in [1.29, 1.82) is 0 Å². The lowest BCUT2D eigenvalue weighted by Crippen LogP contribution is -2.35. The standard InChI is InChI=1S/C23H39NO2P/c1-6-7-8-9-10-11-12-21-13-15-22(16-14-21)27(26)23(25)24(17-19(2)3)18-20(4)5/h13-16,19-20H,6-12,17-18H2,1-5H3/q+1. The molecule has 152 valence electrons. The SMILES string of the molecule is CCCCCCCCc1ccc([P+](=O)C(=O)N(CC(C)C)CC(C)C)cc1. The van der Waals surface area contributed by atoms with Crippen molar-refractivity contribution in [3.8, 4) is 0 Å². The maximum Gasteiger partial charge on any atom is 0.477 e. The molecule has 0 fully saturated rings. The van der Waals surface area contributed by atoms with E-state index >= 15 is 0 Å². The molecule has 1 unspecified atom stereocenters. The van der Waals surface area contributed by atoms with Crippen molar-refractivity contribution >= 4 is 18.8 Å². The Morgan fingerprint density at radius 3 is 1.93 bits per heavy atom. The number of hydrogen-bond donors (Lipinski definition) is 0. The average molecular weight is 393 g/mol. The summed E-state index contributed by atoms with van der Waals surface area (Å²) in [6, 6.07) is 7.84. The van der Waals surface area contributed by atoms with Crippen LogP contribution in [0.25, 0.3) is 0 Å². The predicted octanol–water partition coefficient (Wildman–Crippen LogP) is 6.78. The average Bonchev–Trinajstić information content (AvgIpc) is 2.62. The molecule has 0 aliphatic carbocycles. The Balaban J connectivity index is 2.59. The molecule has 1 atom stereocenters. The fourth-order valence-electron chi connectivity index (χ4n) is 3.26. The number of carbonyl (C=O) groups excluding carboxylic acids is 1. The van der Waals surface area contributed by atoms with Gasteiger partial charge in [-0.05, 0) is 42.4 Å². The summed E-state index contributed by atoms with van der Waals surface area (Å²) < 4.78 is 12.8. The van der Waals surface area contributed by atoms with Gasteiger partial charge in [-0.2, -0.15) is 0 Å². The first-order chi connectivity index (χ1) is 12.8. The van der Waals surface area contributed by atoms with Crippen LogP contribution in [0.5, 0.6) is 0 Å². The second-order valence-electron chi connectivity index (χ2n) is 8.45. The third-order valence-corrected chi connectivity index (χ3v) is 6.00. The molecule has 1 aromatic rings. The Labute approximate surface area is 167 Å². The van der Waals surface area contributed by atoms with Gasteiger partial charge in [0.05, 0.1) is 0 Å². The van der Waals surface area contributed by atoms with Gasteiger partial charge in [-0.15, -0.1) is 0 Å². The van der Waals surface area contributed by atoms with Crippen molar-refractivity contribution < 1.29 is 9.36 Å². The van der Waals surface area contributed by atoms with Crippen molar-refractivity contribution in [3.05, 3.63) is 29.8 Å². The van der Waals surface area contributed by atoms with E-state index in [-0.39, 0.29) is 5.65 Å². The van der Waals surface area contributed by atoms with Crippen molar-refractivity contribution in [3.63, 3.8) is 0 Å². The molecule has 0 heterocycles. The molecular weight excluding hydrogens is 353 g/mol. The van der Waals surface area contributed by atoms with Gasteiger partial charge < -0.3 is 0 Å². The van der Waals surface area contributed by atoms with Crippen molar-refractivity contribution in [2.24, 2.45) is 11.8 Å². The number of nitrogens with zero attached hydrogens (tertiary/aromatic N) is 1. The molecule has 0 aliphatic rings. The fourth-order valence-corrected chi connectivity index (χ4v) is 4.32. The van der Waals surface area contributed by atoms with Crippen LogP contribution in [0.4, 0.5) is 4.79 Å². The number of unbranched alkanes of at least 4 members (excludes halogenated alkanes) is 5. The molecule has 0 aromatic heterocycles. The van der Waals surface area contributed by atoms with E-state index in [4.69, 9.17) is 0 Å². The van der Waals surface area contributed by atoms with Gasteiger partial charge >= 0.3 is 13.4 Å². The maximum absolute atomic E-state index is 12.8. The zero-order valence-corrected chi connectivity index (χ0v) is 18.9. The van der Waals surface area contributed by atoms with Crippen LogP contribution in [0.3, 0.4) is 0 Å². The first kappa shape index (κ1) is 23.8. The van der Waals surface area contributed by atoms with Crippen molar-refractivity contribution in [2.45, 2.75) is 79.6 Å². The number of amides is 1. The summed E-state index contributed by atoms with van der Waals surface area (Å²) >= 11 is 0. The fraction of sp³-hybridized carbons (Fsp3) is 0.696. The first-order valence-electron chi connectivity index (χ1n) is 10.7. The van der Waals surface area contributed by atoms with E-state index in [0.717, 1.165) is 6.42 Å². The topological polar surface area (TPSA) is 37.4 Å². The van der Waals surface area contributed by atoms with E-state index in [2.05, 4.69) is 34.6 Å². The lowest BCUT2D eigenvalue weighted by atomic mass is 10.1. The van der Waals surface area contributed by atoms with Crippen LogP contribution in [-0.2, 0) is 11.0 Å². The van der Waals surface area contributed by atoms with Crippen LogP contribution in [0, 0.1) is 11.8 Å². The maximum atomic E-state index is 12.8. The Kier molecular flexibility index (Phi) is 11.5. The zero-order chi connectivity index (χ0) is 20.2. The van der Waals surface area contributed by atoms with Gasteiger partial charge in [0.15, 0.2) is 0 Å². The molecule has 1 rings (SSSR count). The second kappa shape index (κ2) is 13.0. The summed E-state index contributed by atoms with van der Waals surface area (Å²) in [5, 5.41) is 0.652. The third-order valence-electron chi connectivity index (χ3n) is 4.61. The molecule has 4 heteroatoms. The molecule has 0 N–H and O–H groups in total. The van der Waals surface area contributed by atoms with Crippen molar-refractivity contribution in [2.75, 3.05) is 13.1 Å². The summed E-state index contributed by atoms with van der Waals surface area (Å²) in [6.07, 6.45) is 8.79. The lowest BCUT2D eigenvalue weighted by molar-refractivity contribution is 0.206. The Morgan fingerprint density at radius 1 is 0.889 bits per heavy atom. The minimum Gasteiger partial charge on any atom is -0.299 e. The monoisotopic (exact) mass is 392 g/mol. The first-order valence-corrected chi connectivity index (χ1v) is 12.0. The number of benzene rings is 1. The normalized spacial score (nSPS) is 11.9. The predicted molar refractivity (Wildman–Crippen MR) is 117 cm³/mol. The minimum absolute atomic E-state index is 0.226. The number of carbonyl (C=O) groups is 1. The number of hydrogen-bond acceptors (Lipinski definition) is 2. The molecule has 3 nitrogen and oxygen atoms in total. The summed E-state index contributed by atoms with van der Waals surface area (Å²) in [5.74, 6) is 0.742. The Morgan fingerprint density at radius 2 is 1.41 bits per heavy atom. The molecule has 0 spiro atoms. The third kappa shape index (κ3) is 9.51. The van der Waals surface area contributed by atoms with Gasteiger partial charge in [-0.1, -0.05) is 83.4 Å². The highest BCUT2D eigenvalue weighted by Gasteiger charge is 2.36. The van der Waals surface area contributed by atoms with Gasteiger partial charge in [0.2, 0.25) is 5.30 Å². The van der Waals surface area contributed by atoms with Crippen LogP contribution in [0.15, 0.2) is 24.3 Å². The molecular formula is C23H39NO2P+. The van der Waals surface area contributed by atoms with E-state index in [0.29, 0.717) is 30.2 Å². The summed E-state index contributed by atoms with van der Waals surface area (Å²) in [6.45, 7) is 11.9. The quantitative estimate of drug-likeness (QED) is 0.274.